The fourth-order valence-corrected chi connectivity index (χ4v) is 5.81. The van der Waals surface area contributed by atoms with Crippen molar-refractivity contribution in [3.05, 3.63) is 57.4 Å². The summed E-state index contributed by atoms with van der Waals surface area (Å²) < 4.78 is 1.58. The first-order chi connectivity index (χ1) is 15.3. The van der Waals surface area contributed by atoms with Crippen molar-refractivity contribution in [1.82, 2.24) is 25.0 Å². The molecule has 1 aromatic carbocycles. The summed E-state index contributed by atoms with van der Waals surface area (Å²) in [4.78, 5) is 33.6. The van der Waals surface area contributed by atoms with Crippen LogP contribution in [0.3, 0.4) is 0 Å². The minimum absolute atomic E-state index is 0.0278. The summed E-state index contributed by atoms with van der Waals surface area (Å²) >= 11 is 7.68. The molecule has 3 heterocycles. The Morgan fingerprint density at radius 2 is 2.09 bits per heavy atom. The smallest absolute Gasteiger partial charge is 0.274 e. The van der Waals surface area contributed by atoms with Gasteiger partial charge in [0.25, 0.3) is 11.8 Å². The van der Waals surface area contributed by atoms with Crippen molar-refractivity contribution < 1.29 is 9.59 Å². The van der Waals surface area contributed by atoms with Gasteiger partial charge in [-0.25, -0.2) is 4.98 Å². The van der Waals surface area contributed by atoms with E-state index in [0.717, 1.165) is 27.6 Å². The molecule has 0 unspecified atom stereocenters. The molecule has 0 radical (unpaired) electrons. The van der Waals surface area contributed by atoms with Crippen LogP contribution < -0.4 is 5.32 Å². The molecule has 32 heavy (non-hydrogen) atoms. The summed E-state index contributed by atoms with van der Waals surface area (Å²) in [6.07, 6.45) is 1.10. The van der Waals surface area contributed by atoms with Crippen molar-refractivity contribution in [2.75, 3.05) is 13.1 Å². The molecule has 0 bridgehead atoms. The van der Waals surface area contributed by atoms with Gasteiger partial charge >= 0.3 is 0 Å². The first-order valence-corrected chi connectivity index (χ1v) is 11.8. The Bertz CT molecular complexity index is 1220. The summed E-state index contributed by atoms with van der Waals surface area (Å²) in [7, 11) is 1.76. The molecule has 1 N–H and O–H groups in total. The molecular weight excluding hydrogens is 446 g/mol. The van der Waals surface area contributed by atoms with Crippen LogP contribution >= 0.6 is 22.9 Å². The number of nitrogens with zero attached hydrogens (tertiary/aromatic N) is 4. The van der Waals surface area contributed by atoms with Crippen LogP contribution in [0.15, 0.2) is 30.3 Å². The van der Waals surface area contributed by atoms with Crippen LogP contribution in [-0.2, 0) is 7.05 Å². The normalized spacial score (nSPS) is 21.5. The van der Waals surface area contributed by atoms with Gasteiger partial charge in [0.2, 0.25) is 0 Å². The van der Waals surface area contributed by atoms with Gasteiger partial charge in [0.15, 0.2) is 0 Å². The lowest BCUT2D eigenvalue weighted by Gasteiger charge is -2.27. The number of benzene rings is 1. The summed E-state index contributed by atoms with van der Waals surface area (Å²) in [6.45, 7) is 4.90. The molecule has 2 fully saturated rings. The maximum absolute atomic E-state index is 13.6. The Kier molecular flexibility index (Phi) is 5.29. The van der Waals surface area contributed by atoms with Crippen LogP contribution in [-0.4, -0.2) is 50.6 Å². The third-order valence-corrected chi connectivity index (χ3v) is 7.55. The van der Waals surface area contributed by atoms with Gasteiger partial charge in [-0.1, -0.05) is 23.7 Å². The predicted octanol–water partition coefficient (Wildman–Crippen LogP) is 3.70. The third-order valence-electron chi connectivity index (χ3n) is 6.29. The van der Waals surface area contributed by atoms with E-state index in [-0.39, 0.29) is 17.9 Å². The van der Waals surface area contributed by atoms with Gasteiger partial charge in [0.1, 0.15) is 11.4 Å². The molecular formula is C23H24ClN5O2S. The lowest BCUT2D eigenvalue weighted by atomic mass is 10.1. The molecule has 0 spiro atoms. The average Bonchev–Trinajstić information content (AvgIpc) is 3.07. The van der Waals surface area contributed by atoms with E-state index < -0.39 is 0 Å². The monoisotopic (exact) mass is 469 g/mol. The van der Waals surface area contributed by atoms with Gasteiger partial charge in [0.05, 0.1) is 21.6 Å². The number of piperidine rings is 1. The zero-order chi connectivity index (χ0) is 22.6. The Hall–Kier alpha value is -2.71. The number of carbonyl (C=O) groups is 2. The molecule has 5 rings (SSSR count). The lowest BCUT2D eigenvalue weighted by molar-refractivity contribution is 0.0690. The summed E-state index contributed by atoms with van der Waals surface area (Å²) in [5.41, 5.74) is 2.68. The molecule has 1 aliphatic heterocycles. The largest absolute Gasteiger partial charge is 0.349 e. The predicted molar refractivity (Wildman–Crippen MR) is 124 cm³/mol. The minimum Gasteiger partial charge on any atom is -0.349 e. The summed E-state index contributed by atoms with van der Waals surface area (Å²) in [5, 5.41) is 8.72. The van der Waals surface area contributed by atoms with Gasteiger partial charge in [0, 0.05) is 25.2 Å². The topological polar surface area (TPSA) is 80.1 Å². The Labute approximate surface area is 195 Å². The van der Waals surface area contributed by atoms with Crippen LogP contribution in [0.5, 0.6) is 0 Å². The maximum atomic E-state index is 13.6. The molecule has 1 aliphatic carbocycles. The first-order valence-electron chi connectivity index (χ1n) is 10.6. The number of carbonyl (C=O) groups excluding carboxylic acids is 2. The maximum Gasteiger partial charge on any atom is 0.274 e. The Balaban J connectivity index is 1.36. The molecule has 166 valence electrons. The van der Waals surface area contributed by atoms with E-state index in [1.165, 1.54) is 11.3 Å². The van der Waals surface area contributed by atoms with E-state index in [4.69, 9.17) is 11.6 Å². The molecule has 2 aliphatic rings. The molecule has 7 nitrogen and oxygen atoms in total. The summed E-state index contributed by atoms with van der Waals surface area (Å²) in [6, 6.07) is 9.24. The minimum atomic E-state index is -0.172. The van der Waals surface area contributed by atoms with Crippen molar-refractivity contribution in [3.8, 4) is 10.4 Å². The molecule has 3 atom stereocenters. The molecule has 3 aromatic rings. The number of aryl methyl sites for hydroxylation is 3. The molecule has 1 saturated carbocycles. The number of nitrogens with one attached hydrogen (secondary N) is 1. The highest BCUT2D eigenvalue weighted by Crippen LogP contribution is 2.50. The van der Waals surface area contributed by atoms with Gasteiger partial charge < -0.3 is 10.2 Å². The van der Waals surface area contributed by atoms with E-state index >= 15 is 0 Å². The number of amides is 2. The van der Waals surface area contributed by atoms with E-state index in [9.17, 15) is 9.59 Å². The van der Waals surface area contributed by atoms with E-state index in [1.54, 1.807) is 17.8 Å². The number of rotatable bonds is 5. The van der Waals surface area contributed by atoms with Gasteiger partial charge in [-0.2, -0.15) is 5.10 Å². The van der Waals surface area contributed by atoms with Crippen molar-refractivity contribution in [1.29, 1.82) is 0 Å². The number of hydrogen-bond acceptors (Lipinski definition) is 5. The van der Waals surface area contributed by atoms with Crippen LogP contribution in [0.25, 0.3) is 10.4 Å². The van der Waals surface area contributed by atoms with Crippen molar-refractivity contribution >= 4 is 34.8 Å². The number of likely N-dealkylation sites (tertiary alicyclic amines) is 1. The number of aromatic nitrogens is 3. The second kappa shape index (κ2) is 8.01. The average molecular weight is 470 g/mol. The second-order valence-corrected chi connectivity index (χ2v) is 10.2. The standard InChI is InChI=1S/C23H24ClN5O2S/c1-12-7-18(28(3)27-12)22(30)25-10-19-17-9-15(17)11-29(19)23(31)20-21(32-13(2)26-20)14-5-4-6-16(24)8-14/h4-8,15,17,19H,9-11H2,1-3H3,(H,25,30)/t15-,17-,19+/m0/s1. The van der Waals surface area contributed by atoms with E-state index in [1.807, 2.05) is 43.0 Å². The molecule has 2 amide bonds. The number of halogens is 1. The molecule has 2 aromatic heterocycles. The first kappa shape index (κ1) is 21.2. The van der Waals surface area contributed by atoms with Crippen LogP contribution in [0.4, 0.5) is 0 Å². The van der Waals surface area contributed by atoms with Gasteiger partial charge in [-0.3, -0.25) is 14.3 Å². The van der Waals surface area contributed by atoms with Crippen molar-refractivity contribution in [2.45, 2.75) is 26.3 Å². The lowest BCUT2D eigenvalue weighted by Crippen LogP contribution is -2.46. The highest BCUT2D eigenvalue weighted by molar-refractivity contribution is 7.15. The third kappa shape index (κ3) is 3.82. The number of fused-ring (bicyclic) bond motifs is 1. The SMILES string of the molecule is Cc1cc(C(=O)NC[C@@H]2[C@H]3C[C@H]3CN2C(=O)c2nc(C)sc2-c2cccc(Cl)c2)n(C)n1. The quantitative estimate of drug-likeness (QED) is 0.617. The van der Waals surface area contributed by atoms with Crippen LogP contribution in [0.1, 0.15) is 38.1 Å². The van der Waals surface area contributed by atoms with E-state index in [2.05, 4.69) is 15.4 Å². The van der Waals surface area contributed by atoms with Crippen LogP contribution in [0.2, 0.25) is 5.02 Å². The molecule has 9 heteroatoms. The summed E-state index contributed by atoms with van der Waals surface area (Å²) in [5.74, 6) is 0.692. The zero-order valence-corrected chi connectivity index (χ0v) is 19.7. The van der Waals surface area contributed by atoms with E-state index in [0.29, 0.717) is 41.3 Å². The van der Waals surface area contributed by atoms with Crippen molar-refractivity contribution in [2.24, 2.45) is 18.9 Å². The van der Waals surface area contributed by atoms with Crippen molar-refractivity contribution in [3.63, 3.8) is 0 Å². The Morgan fingerprint density at radius 1 is 1.28 bits per heavy atom. The number of thiazole rings is 1. The van der Waals surface area contributed by atoms with Crippen LogP contribution in [0, 0.1) is 25.7 Å². The fourth-order valence-electron chi connectivity index (χ4n) is 4.71. The second-order valence-electron chi connectivity index (χ2n) is 8.61. The highest BCUT2D eigenvalue weighted by atomic mass is 35.5. The van der Waals surface area contributed by atoms with Gasteiger partial charge in [-0.15, -0.1) is 11.3 Å². The van der Waals surface area contributed by atoms with Gasteiger partial charge in [-0.05, 0) is 55.9 Å². The Morgan fingerprint density at radius 3 is 2.81 bits per heavy atom. The number of hydrogen-bond donors (Lipinski definition) is 1. The fraction of sp³-hybridized carbons (Fsp3) is 0.391. The molecule has 1 saturated heterocycles. The zero-order valence-electron chi connectivity index (χ0n) is 18.1. The highest BCUT2D eigenvalue weighted by Gasteiger charge is 2.54.